The number of carboxylic acids is 1. The Kier molecular flexibility index (Phi) is 5.65. The van der Waals surface area contributed by atoms with Crippen molar-refractivity contribution in [2.75, 3.05) is 5.75 Å². The lowest BCUT2D eigenvalue weighted by Gasteiger charge is -2.38. The second-order valence-corrected chi connectivity index (χ2v) is 7.55. The number of aliphatic carboxylic acids is 1. The molecule has 0 saturated heterocycles. The zero-order chi connectivity index (χ0) is 16.3. The van der Waals surface area contributed by atoms with Crippen molar-refractivity contribution in [3.05, 3.63) is 0 Å². The van der Waals surface area contributed by atoms with Gasteiger partial charge in [0.1, 0.15) is 0 Å². The summed E-state index contributed by atoms with van der Waals surface area (Å²) in [6, 6.07) is -0.778. The minimum absolute atomic E-state index is 0.345. The molecule has 1 aliphatic rings. The molecule has 1 rings (SSSR count). The van der Waals surface area contributed by atoms with E-state index >= 15 is 0 Å². The topological polar surface area (TPSA) is 83.5 Å². The summed E-state index contributed by atoms with van der Waals surface area (Å²) in [5, 5.41) is 9.26. The van der Waals surface area contributed by atoms with Crippen molar-refractivity contribution >= 4 is 16.0 Å². The Balaban J connectivity index is 2.66. The van der Waals surface area contributed by atoms with Crippen LogP contribution in [0, 0.1) is 5.41 Å². The average molecular weight is 331 g/mol. The van der Waals surface area contributed by atoms with Crippen molar-refractivity contribution in [1.82, 2.24) is 4.72 Å². The molecule has 0 aromatic carbocycles. The molecule has 0 radical (unpaired) electrons. The van der Waals surface area contributed by atoms with Crippen LogP contribution < -0.4 is 4.72 Å². The number of hydrogen-bond donors (Lipinski definition) is 2. The minimum atomic E-state index is -4.39. The van der Waals surface area contributed by atoms with Crippen molar-refractivity contribution in [2.24, 2.45) is 5.41 Å². The molecule has 0 aliphatic heterocycles. The Bertz CT molecular complexity index is 477. The first-order chi connectivity index (χ1) is 9.46. The standard InChI is InChI=1S/C12H20F3NO4S/c1-11(10(17)18)6-3-2-5-9(11)16-21(19,20)8-4-7-12(13,14)15/h9,16H,2-8H2,1H3,(H,17,18). The maximum absolute atomic E-state index is 12.0. The molecular weight excluding hydrogens is 311 g/mol. The molecule has 5 nitrogen and oxygen atoms in total. The molecule has 0 heterocycles. The Hall–Kier alpha value is -0.830. The van der Waals surface area contributed by atoms with E-state index in [1.54, 1.807) is 0 Å². The molecule has 9 heteroatoms. The van der Waals surface area contributed by atoms with Gasteiger partial charge in [-0.25, -0.2) is 13.1 Å². The molecule has 0 amide bonds. The SMILES string of the molecule is CC1(C(=O)O)CCCCC1NS(=O)(=O)CCCC(F)(F)F. The Labute approximate surface area is 122 Å². The Morgan fingerprint density at radius 2 is 2.00 bits per heavy atom. The molecular formula is C12H20F3NO4S. The molecule has 2 atom stereocenters. The largest absolute Gasteiger partial charge is 0.481 e. The lowest BCUT2D eigenvalue weighted by molar-refractivity contribution is -0.151. The molecule has 1 saturated carbocycles. The van der Waals surface area contributed by atoms with Crippen molar-refractivity contribution in [2.45, 2.75) is 57.7 Å². The van der Waals surface area contributed by atoms with E-state index in [4.69, 9.17) is 0 Å². The van der Waals surface area contributed by atoms with Crippen LogP contribution in [0.15, 0.2) is 0 Å². The van der Waals surface area contributed by atoms with E-state index in [-0.39, 0.29) is 0 Å². The van der Waals surface area contributed by atoms with Crippen molar-refractivity contribution in [1.29, 1.82) is 0 Å². The molecule has 2 N–H and O–H groups in total. The lowest BCUT2D eigenvalue weighted by Crippen LogP contribution is -2.52. The highest BCUT2D eigenvalue weighted by Gasteiger charge is 2.44. The van der Waals surface area contributed by atoms with Gasteiger partial charge in [-0.1, -0.05) is 12.8 Å². The number of carboxylic acid groups (broad SMARTS) is 1. The van der Waals surface area contributed by atoms with E-state index in [1.165, 1.54) is 6.92 Å². The summed E-state index contributed by atoms with van der Waals surface area (Å²) in [4.78, 5) is 11.3. The maximum atomic E-state index is 12.0. The number of sulfonamides is 1. The number of nitrogens with one attached hydrogen (secondary N) is 1. The van der Waals surface area contributed by atoms with Crippen molar-refractivity contribution in [3.8, 4) is 0 Å². The highest BCUT2D eigenvalue weighted by molar-refractivity contribution is 7.89. The third kappa shape index (κ3) is 5.46. The monoisotopic (exact) mass is 331 g/mol. The van der Waals surface area contributed by atoms with Crippen LogP contribution in [-0.4, -0.2) is 37.5 Å². The summed E-state index contributed by atoms with van der Waals surface area (Å²) >= 11 is 0. The first-order valence-corrected chi connectivity index (χ1v) is 8.42. The number of alkyl halides is 3. The molecule has 1 aliphatic carbocycles. The predicted molar refractivity (Wildman–Crippen MR) is 70.2 cm³/mol. The highest BCUT2D eigenvalue weighted by atomic mass is 32.2. The maximum Gasteiger partial charge on any atom is 0.389 e. The summed E-state index contributed by atoms with van der Waals surface area (Å²) in [5.74, 6) is -1.75. The zero-order valence-electron chi connectivity index (χ0n) is 11.7. The van der Waals surface area contributed by atoms with Crippen LogP contribution in [0.1, 0.15) is 45.4 Å². The minimum Gasteiger partial charge on any atom is -0.481 e. The van der Waals surface area contributed by atoms with Crippen LogP contribution in [0.3, 0.4) is 0 Å². The van der Waals surface area contributed by atoms with Crippen molar-refractivity contribution < 1.29 is 31.5 Å². The molecule has 0 bridgehead atoms. The fraction of sp³-hybridized carbons (Fsp3) is 0.917. The summed E-state index contributed by atoms with van der Waals surface area (Å²) in [6.07, 6.45) is -3.99. The molecule has 0 aromatic rings. The molecule has 0 aromatic heterocycles. The number of carbonyl (C=O) groups is 1. The van der Waals surface area contributed by atoms with Crippen LogP contribution >= 0.6 is 0 Å². The van der Waals surface area contributed by atoms with Gasteiger partial charge in [0.15, 0.2) is 0 Å². The van der Waals surface area contributed by atoms with E-state index < -0.39 is 52.2 Å². The normalized spacial score (nSPS) is 27.5. The Morgan fingerprint density at radius 3 is 2.52 bits per heavy atom. The molecule has 21 heavy (non-hydrogen) atoms. The second-order valence-electron chi connectivity index (χ2n) is 5.68. The van der Waals surface area contributed by atoms with Crippen LogP contribution in [0.2, 0.25) is 0 Å². The highest BCUT2D eigenvalue weighted by Crippen LogP contribution is 2.36. The second kappa shape index (κ2) is 6.51. The summed E-state index contributed by atoms with van der Waals surface area (Å²) < 4.78 is 62.0. The van der Waals surface area contributed by atoms with Crippen LogP contribution in [0.4, 0.5) is 13.2 Å². The average Bonchev–Trinajstić information content (AvgIpc) is 2.29. The Morgan fingerprint density at radius 1 is 1.38 bits per heavy atom. The van der Waals surface area contributed by atoms with Gasteiger partial charge in [0, 0.05) is 12.5 Å². The summed E-state index contributed by atoms with van der Waals surface area (Å²) in [5.41, 5.74) is -1.21. The predicted octanol–water partition coefficient (Wildman–Crippen LogP) is 2.28. The van der Waals surface area contributed by atoms with E-state index in [1.807, 2.05) is 0 Å². The lowest BCUT2D eigenvalue weighted by atomic mass is 9.72. The summed E-state index contributed by atoms with van der Waals surface area (Å²) in [7, 11) is -3.92. The fourth-order valence-corrected chi connectivity index (χ4v) is 3.97. The van der Waals surface area contributed by atoms with Crippen LogP contribution in [0.25, 0.3) is 0 Å². The van der Waals surface area contributed by atoms with Gasteiger partial charge in [0.25, 0.3) is 0 Å². The number of rotatable bonds is 6. The van der Waals surface area contributed by atoms with Gasteiger partial charge in [0.05, 0.1) is 11.2 Å². The first kappa shape index (κ1) is 18.2. The van der Waals surface area contributed by atoms with E-state index in [0.29, 0.717) is 25.7 Å². The van der Waals surface area contributed by atoms with E-state index in [9.17, 15) is 31.5 Å². The smallest absolute Gasteiger partial charge is 0.389 e. The third-order valence-electron chi connectivity index (χ3n) is 3.89. The van der Waals surface area contributed by atoms with E-state index in [2.05, 4.69) is 4.72 Å². The van der Waals surface area contributed by atoms with Gasteiger partial charge in [-0.3, -0.25) is 4.79 Å². The number of hydrogen-bond acceptors (Lipinski definition) is 3. The quantitative estimate of drug-likeness (QED) is 0.782. The summed E-state index contributed by atoms with van der Waals surface area (Å²) in [6.45, 7) is 1.47. The fourth-order valence-electron chi connectivity index (χ4n) is 2.52. The zero-order valence-corrected chi connectivity index (χ0v) is 12.6. The first-order valence-electron chi connectivity index (χ1n) is 6.76. The van der Waals surface area contributed by atoms with Crippen LogP contribution in [-0.2, 0) is 14.8 Å². The molecule has 1 fully saturated rings. The van der Waals surface area contributed by atoms with Gasteiger partial charge < -0.3 is 5.11 Å². The molecule has 2 unspecified atom stereocenters. The van der Waals surface area contributed by atoms with Gasteiger partial charge >= 0.3 is 12.1 Å². The van der Waals surface area contributed by atoms with Crippen molar-refractivity contribution in [3.63, 3.8) is 0 Å². The third-order valence-corrected chi connectivity index (χ3v) is 5.36. The molecule has 0 spiro atoms. The van der Waals surface area contributed by atoms with Gasteiger partial charge in [0.2, 0.25) is 10.0 Å². The number of halogens is 3. The van der Waals surface area contributed by atoms with E-state index in [0.717, 1.165) is 0 Å². The van der Waals surface area contributed by atoms with Gasteiger partial charge in [-0.05, 0) is 26.2 Å². The molecule has 124 valence electrons. The van der Waals surface area contributed by atoms with Gasteiger partial charge in [-0.2, -0.15) is 13.2 Å². The van der Waals surface area contributed by atoms with Gasteiger partial charge in [-0.15, -0.1) is 0 Å². The van der Waals surface area contributed by atoms with Crippen LogP contribution in [0.5, 0.6) is 0 Å².